The van der Waals surface area contributed by atoms with Gasteiger partial charge in [0.05, 0.1) is 32.4 Å². The van der Waals surface area contributed by atoms with E-state index in [9.17, 15) is 9.59 Å². The molecule has 3 heterocycles. The predicted molar refractivity (Wildman–Crippen MR) is 128 cm³/mol. The third-order valence-electron chi connectivity index (χ3n) is 5.05. The van der Waals surface area contributed by atoms with Gasteiger partial charge in [0.25, 0.3) is 5.56 Å². The van der Waals surface area contributed by atoms with E-state index in [0.717, 1.165) is 17.5 Å². The Morgan fingerprint density at radius 3 is 2.68 bits per heavy atom. The summed E-state index contributed by atoms with van der Waals surface area (Å²) >= 11 is 0. The highest BCUT2D eigenvalue weighted by Gasteiger charge is 2.18. The van der Waals surface area contributed by atoms with Gasteiger partial charge in [0.15, 0.2) is 11.5 Å². The first-order valence-corrected chi connectivity index (χ1v) is 11.1. The maximum absolute atomic E-state index is 13.4. The molecule has 0 saturated heterocycles. The highest BCUT2D eigenvalue weighted by Crippen LogP contribution is 2.23. The Hall–Kier alpha value is -3.57. The van der Waals surface area contributed by atoms with Crippen molar-refractivity contribution in [1.82, 2.24) is 24.8 Å². The summed E-state index contributed by atoms with van der Waals surface area (Å²) in [5.41, 5.74) is 2.17. The maximum atomic E-state index is 13.4. The molecule has 0 radical (unpaired) electrons. The summed E-state index contributed by atoms with van der Waals surface area (Å²) in [6.07, 6.45) is 4.22. The Morgan fingerprint density at radius 2 is 2.00 bits per heavy atom. The number of rotatable bonds is 12. The van der Waals surface area contributed by atoms with Crippen LogP contribution in [0.25, 0.3) is 22.3 Å². The van der Waals surface area contributed by atoms with Crippen molar-refractivity contribution in [3.8, 4) is 17.0 Å². The molecule has 1 amide bonds. The Kier molecular flexibility index (Phi) is 8.88. The normalized spacial score (nSPS) is 10.9. The summed E-state index contributed by atoms with van der Waals surface area (Å²) in [5.74, 6) is 0.277. The SMILES string of the molecule is CCCOCCn1c(=O)c(N(C)CC(=O)NCCO)nc2ncc(-c3ccc(OC)nc3)cc21. The molecule has 0 aliphatic rings. The van der Waals surface area contributed by atoms with Crippen molar-refractivity contribution in [3.05, 3.63) is 40.9 Å². The number of aliphatic hydroxyl groups excluding tert-OH is 1. The Bertz CT molecular complexity index is 1160. The second kappa shape index (κ2) is 12.1. The molecular weight excluding hydrogens is 440 g/mol. The largest absolute Gasteiger partial charge is 0.481 e. The molecule has 3 aromatic heterocycles. The van der Waals surface area contributed by atoms with Crippen molar-refractivity contribution in [2.24, 2.45) is 0 Å². The summed E-state index contributed by atoms with van der Waals surface area (Å²) < 4.78 is 12.3. The lowest BCUT2D eigenvalue weighted by molar-refractivity contribution is -0.119. The van der Waals surface area contributed by atoms with E-state index in [1.54, 1.807) is 37.2 Å². The zero-order valence-electron chi connectivity index (χ0n) is 19.7. The van der Waals surface area contributed by atoms with Crippen molar-refractivity contribution in [3.63, 3.8) is 0 Å². The minimum Gasteiger partial charge on any atom is -0.481 e. The number of nitrogens with zero attached hydrogens (tertiary/aromatic N) is 5. The van der Waals surface area contributed by atoms with Crippen LogP contribution >= 0.6 is 0 Å². The van der Waals surface area contributed by atoms with Crippen molar-refractivity contribution in [2.75, 3.05) is 52.0 Å². The number of anilines is 1. The van der Waals surface area contributed by atoms with Crippen molar-refractivity contribution in [1.29, 1.82) is 0 Å². The molecule has 3 rings (SSSR count). The minimum absolute atomic E-state index is 0.0876. The molecule has 0 aromatic carbocycles. The third-order valence-corrected chi connectivity index (χ3v) is 5.05. The van der Waals surface area contributed by atoms with Gasteiger partial charge in [0.2, 0.25) is 11.8 Å². The number of carbonyl (C=O) groups is 1. The fraction of sp³-hybridized carbons (Fsp3) is 0.435. The molecule has 34 heavy (non-hydrogen) atoms. The molecule has 11 nitrogen and oxygen atoms in total. The van der Waals surface area contributed by atoms with Crippen molar-refractivity contribution in [2.45, 2.75) is 19.9 Å². The lowest BCUT2D eigenvalue weighted by Crippen LogP contribution is -2.40. The first kappa shape index (κ1) is 25.1. The van der Waals surface area contributed by atoms with Crippen LogP contribution in [0, 0.1) is 0 Å². The molecule has 3 aromatic rings. The van der Waals surface area contributed by atoms with Crippen LogP contribution in [0.1, 0.15) is 13.3 Å². The van der Waals surface area contributed by atoms with E-state index < -0.39 is 0 Å². The average molecular weight is 471 g/mol. The third kappa shape index (κ3) is 6.06. The quantitative estimate of drug-likeness (QED) is 0.370. The Morgan fingerprint density at radius 1 is 1.21 bits per heavy atom. The predicted octanol–water partition coefficient (Wildman–Crippen LogP) is 0.833. The number of hydrogen-bond donors (Lipinski definition) is 2. The summed E-state index contributed by atoms with van der Waals surface area (Å²) in [4.78, 5) is 40.1. The number of amides is 1. The van der Waals surface area contributed by atoms with Crippen molar-refractivity contribution < 1.29 is 19.4 Å². The first-order chi connectivity index (χ1) is 16.5. The molecule has 0 spiro atoms. The van der Waals surface area contributed by atoms with Gasteiger partial charge < -0.3 is 24.8 Å². The molecule has 0 aliphatic heterocycles. The number of methoxy groups -OCH3 is 1. The van der Waals surface area contributed by atoms with Gasteiger partial charge in [-0.1, -0.05) is 6.92 Å². The van der Waals surface area contributed by atoms with Crippen LogP contribution in [0.15, 0.2) is 35.4 Å². The van der Waals surface area contributed by atoms with E-state index >= 15 is 0 Å². The molecule has 2 N–H and O–H groups in total. The number of hydrogen-bond acceptors (Lipinski definition) is 9. The van der Waals surface area contributed by atoms with Gasteiger partial charge in [-0.2, -0.15) is 0 Å². The van der Waals surface area contributed by atoms with Gasteiger partial charge in [-0.15, -0.1) is 0 Å². The molecule has 182 valence electrons. The summed E-state index contributed by atoms with van der Waals surface area (Å²) in [6.45, 7) is 3.16. The zero-order chi connectivity index (χ0) is 24.5. The Balaban J connectivity index is 2.01. The zero-order valence-corrected chi connectivity index (χ0v) is 19.7. The van der Waals surface area contributed by atoms with Gasteiger partial charge in [0.1, 0.15) is 0 Å². The van der Waals surface area contributed by atoms with Crippen LogP contribution in [0.5, 0.6) is 5.88 Å². The standard InChI is InChI=1S/C23H30N6O5/c1-4-10-34-11-8-29-18-12-17(16-5-6-20(33-3)25-13-16)14-26-21(18)27-22(23(29)32)28(2)15-19(31)24-7-9-30/h5-6,12-14,30H,4,7-11,15H2,1-3H3,(H,24,31). The lowest BCUT2D eigenvalue weighted by atomic mass is 10.1. The molecule has 0 atom stereocenters. The van der Waals surface area contributed by atoms with E-state index in [2.05, 4.69) is 20.3 Å². The monoisotopic (exact) mass is 470 g/mol. The van der Waals surface area contributed by atoms with Crippen LogP contribution in [0.2, 0.25) is 0 Å². The smallest absolute Gasteiger partial charge is 0.294 e. The fourth-order valence-electron chi connectivity index (χ4n) is 3.35. The topological polar surface area (TPSA) is 132 Å². The molecule has 0 fully saturated rings. The van der Waals surface area contributed by atoms with Gasteiger partial charge in [-0.3, -0.25) is 14.2 Å². The van der Waals surface area contributed by atoms with Gasteiger partial charge in [0, 0.05) is 56.3 Å². The molecule has 0 saturated carbocycles. The van der Waals surface area contributed by atoms with E-state index in [4.69, 9.17) is 14.6 Å². The second-order valence-corrected chi connectivity index (χ2v) is 7.59. The fourth-order valence-corrected chi connectivity index (χ4v) is 3.35. The first-order valence-electron chi connectivity index (χ1n) is 11.1. The number of pyridine rings is 2. The van der Waals surface area contributed by atoms with Crippen molar-refractivity contribution >= 4 is 22.9 Å². The maximum Gasteiger partial charge on any atom is 0.294 e. The average Bonchev–Trinajstić information content (AvgIpc) is 2.85. The number of likely N-dealkylation sites (N-methyl/N-ethyl adjacent to an activating group) is 1. The molecule has 0 unspecified atom stereocenters. The summed E-state index contributed by atoms with van der Waals surface area (Å²) in [7, 11) is 3.17. The van der Waals surface area contributed by atoms with E-state index in [1.807, 2.05) is 19.1 Å². The number of fused-ring (bicyclic) bond motifs is 1. The molecular formula is C23H30N6O5. The van der Waals surface area contributed by atoms with Crippen LogP contribution in [-0.4, -0.2) is 77.6 Å². The highest BCUT2D eigenvalue weighted by atomic mass is 16.5. The lowest BCUT2D eigenvalue weighted by Gasteiger charge is -2.19. The molecule has 0 aliphatic carbocycles. The van der Waals surface area contributed by atoms with Crippen LogP contribution in [-0.2, 0) is 16.1 Å². The number of ether oxygens (including phenoxy) is 2. The van der Waals surface area contributed by atoms with Crippen LogP contribution < -0.4 is 20.5 Å². The number of nitrogens with one attached hydrogen (secondary N) is 1. The number of aromatic nitrogens is 4. The van der Waals surface area contributed by atoms with Gasteiger partial charge in [-0.05, 0) is 18.6 Å². The second-order valence-electron chi connectivity index (χ2n) is 7.59. The summed E-state index contributed by atoms with van der Waals surface area (Å²) in [6, 6.07) is 5.46. The van der Waals surface area contributed by atoms with E-state index in [-0.39, 0.29) is 37.0 Å². The summed E-state index contributed by atoms with van der Waals surface area (Å²) in [5, 5.41) is 11.5. The van der Waals surface area contributed by atoms with E-state index in [1.165, 1.54) is 4.90 Å². The number of aliphatic hydroxyl groups is 1. The van der Waals surface area contributed by atoms with Gasteiger partial charge in [-0.25, -0.2) is 15.0 Å². The van der Waals surface area contributed by atoms with Crippen LogP contribution in [0.4, 0.5) is 5.82 Å². The number of carbonyl (C=O) groups excluding carboxylic acids is 1. The Labute approximate surface area is 197 Å². The van der Waals surface area contributed by atoms with Gasteiger partial charge >= 0.3 is 0 Å². The van der Waals surface area contributed by atoms with E-state index in [0.29, 0.717) is 36.8 Å². The molecule has 11 heteroatoms. The highest BCUT2D eigenvalue weighted by molar-refractivity contribution is 5.82. The minimum atomic E-state index is -0.350. The molecule has 0 bridgehead atoms. The van der Waals surface area contributed by atoms with Crippen LogP contribution in [0.3, 0.4) is 0 Å².